The lowest BCUT2D eigenvalue weighted by atomic mass is 10.2. The first-order valence-electron chi connectivity index (χ1n) is 6.09. The van der Waals surface area contributed by atoms with Gasteiger partial charge in [-0.1, -0.05) is 44.2 Å². The highest BCUT2D eigenvalue weighted by Gasteiger charge is 2.05. The third-order valence-electron chi connectivity index (χ3n) is 2.47. The maximum atomic E-state index is 5.81. The molecule has 0 saturated heterocycles. The lowest BCUT2D eigenvalue weighted by Gasteiger charge is -2.10. The first-order valence-corrected chi connectivity index (χ1v) is 6.09. The van der Waals surface area contributed by atoms with Gasteiger partial charge in [-0.3, -0.25) is 0 Å². The Kier molecular flexibility index (Phi) is 3.77. The molecule has 0 saturated carbocycles. The number of aromatic nitrogens is 2. The van der Waals surface area contributed by atoms with E-state index in [1.165, 1.54) is 0 Å². The van der Waals surface area contributed by atoms with Gasteiger partial charge in [0.1, 0.15) is 11.6 Å². The molecule has 0 unspecified atom stereocenters. The Balaban J connectivity index is 2.27. The average Bonchev–Trinajstić information content (AvgIpc) is 2.37. The molecule has 94 valence electrons. The van der Waals surface area contributed by atoms with E-state index in [9.17, 15) is 0 Å². The van der Waals surface area contributed by atoms with E-state index in [1.54, 1.807) is 6.07 Å². The minimum Gasteiger partial charge on any atom is -0.384 e. The molecule has 0 aliphatic heterocycles. The number of hydrogen-bond donors (Lipinski definition) is 2. The van der Waals surface area contributed by atoms with Gasteiger partial charge < -0.3 is 11.1 Å². The largest absolute Gasteiger partial charge is 0.384 e. The summed E-state index contributed by atoms with van der Waals surface area (Å²) in [4.78, 5) is 8.73. The summed E-state index contributed by atoms with van der Waals surface area (Å²) >= 11 is 0. The second-order valence-electron chi connectivity index (χ2n) is 4.64. The van der Waals surface area contributed by atoms with E-state index in [0.717, 1.165) is 17.9 Å². The molecule has 0 aliphatic rings. The van der Waals surface area contributed by atoms with Crippen molar-refractivity contribution in [2.45, 2.75) is 13.8 Å². The van der Waals surface area contributed by atoms with Crippen molar-refractivity contribution in [2.24, 2.45) is 5.92 Å². The van der Waals surface area contributed by atoms with Gasteiger partial charge in [-0.05, 0) is 5.92 Å². The Bertz CT molecular complexity index is 508. The zero-order chi connectivity index (χ0) is 13.0. The molecular formula is C14H18N4. The van der Waals surface area contributed by atoms with Crippen LogP contribution < -0.4 is 11.1 Å². The summed E-state index contributed by atoms with van der Waals surface area (Å²) in [5.74, 6) is 2.47. The molecule has 0 spiro atoms. The first kappa shape index (κ1) is 12.4. The maximum absolute atomic E-state index is 5.81. The lowest BCUT2D eigenvalue weighted by Crippen LogP contribution is -2.10. The third-order valence-corrected chi connectivity index (χ3v) is 2.47. The van der Waals surface area contributed by atoms with E-state index in [-0.39, 0.29) is 0 Å². The summed E-state index contributed by atoms with van der Waals surface area (Å²) in [5, 5.41) is 3.26. The topological polar surface area (TPSA) is 63.8 Å². The van der Waals surface area contributed by atoms with E-state index in [4.69, 9.17) is 5.73 Å². The van der Waals surface area contributed by atoms with Crippen LogP contribution in [-0.4, -0.2) is 16.5 Å². The van der Waals surface area contributed by atoms with Crippen LogP contribution in [0.15, 0.2) is 36.4 Å². The normalized spacial score (nSPS) is 10.6. The van der Waals surface area contributed by atoms with Crippen molar-refractivity contribution in [2.75, 3.05) is 17.6 Å². The highest BCUT2D eigenvalue weighted by Crippen LogP contribution is 2.18. The summed E-state index contributed by atoms with van der Waals surface area (Å²) in [5.41, 5.74) is 6.78. The Labute approximate surface area is 107 Å². The number of benzene rings is 1. The summed E-state index contributed by atoms with van der Waals surface area (Å²) in [6.07, 6.45) is 0. The monoisotopic (exact) mass is 242 g/mol. The van der Waals surface area contributed by atoms with Gasteiger partial charge in [-0.15, -0.1) is 0 Å². The predicted molar refractivity (Wildman–Crippen MR) is 75.2 cm³/mol. The summed E-state index contributed by atoms with van der Waals surface area (Å²) < 4.78 is 0. The summed E-state index contributed by atoms with van der Waals surface area (Å²) in [6.45, 7) is 5.16. The van der Waals surface area contributed by atoms with Crippen molar-refractivity contribution in [3.8, 4) is 11.4 Å². The molecule has 2 aromatic rings. The van der Waals surface area contributed by atoms with Crippen LogP contribution in [0, 0.1) is 5.92 Å². The fraction of sp³-hybridized carbons (Fsp3) is 0.286. The Morgan fingerprint density at radius 3 is 2.56 bits per heavy atom. The van der Waals surface area contributed by atoms with Crippen molar-refractivity contribution in [1.82, 2.24) is 9.97 Å². The molecule has 18 heavy (non-hydrogen) atoms. The fourth-order valence-electron chi connectivity index (χ4n) is 1.58. The Morgan fingerprint density at radius 1 is 1.17 bits per heavy atom. The summed E-state index contributed by atoms with van der Waals surface area (Å²) in [7, 11) is 0. The Hall–Kier alpha value is -2.10. The molecule has 1 aromatic carbocycles. The van der Waals surface area contributed by atoms with Crippen molar-refractivity contribution in [3.63, 3.8) is 0 Å². The van der Waals surface area contributed by atoms with Gasteiger partial charge in [0.15, 0.2) is 5.82 Å². The number of hydrogen-bond acceptors (Lipinski definition) is 4. The van der Waals surface area contributed by atoms with Crippen LogP contribution in [0.1, 0.15) is 13.8 Å². The van der Waals surface area contributed by atoms with E-state index >= 15 is 0 Å². The van der Waals surface area contributed by atoms with E-state index in [2.05, 4.69) is 29.1 Å². The molecular weight excluding hydrogens is 224 g/mol. The van der Waals surface area contributed by atoms with Crippen LogP contribution in [0.3, 0.4) is 0 Å². The molecule has 0 radical (unpaired) electrons. The molecule has 0 atom stereocenters. The van der Waals surface area contributed by atoms with Crippen LogP contribution in [-0.2, 0) is 0 Å². The van der Waals surface area contributed by atoms with Crippen molar-refractivity contribution >= 4 is 11.6 Å². The molecule has 2 rings (SSSR count). The van der Waals surface area contributed by atoms with Gasteiger partial charge >= 0.3 is 0 Å². The number of rotatable bonds is 4. The predicted octanol–water partition coefficient (Wildman–Crippen LogP) is 2.79. The molecule has 0 fully saturated rings. The number of anilines is 2. The average molecular weight is 242 g/mol. The van der Waals surface area contributed by atoms with Gasteiger partial charge in [0.05, 0.1) is 0 Å². The molecule has 4 nitrogen and oxygen atoms in total. The second-order valence-corrected chi connectivity index (χ2v) is 4.64. The van der Waals surface area contributed by atoms with Crippen LogP contribution in [0.25, 0.3) is 11.4 Å². The molecule has 0 amide bonds. The van der Waals surface area contributed by atoms with Crippen molar-refractivity contribution in [1.29, 1.82) is 0 Å². The number of nitrogen functional groups attached to an aromatic ring is 1. The molecule has 3 N–H and O–H groups in total. The van der Waals surface area contributed by atoms with Gasteiger partial charge in [0.25, 0.3) is 0 Å². The minimum atomic E-state index is 0.482. The second kappa shape index (κ2) is 5.49. The molecule has 1 heterocycles. The fourth-order valence-corrected chi connectivity index (χ4v) is 1.58. The van der Waals surface area contributed by atoms with E-state index in [1.807, 2.05) is 30.3 Å². The third kappa shape index (κ3) is 3.20. The first-order chi connectivity index (χ1) is 8.65. The molecule has 1 aromatic heterocycles. The SMILES string of the molecule is CC(C)CNc1cc(N)nc(-c2ccccc2)n1. The lowest BCUT2D eigenvalue weighted by molar-refractivity contribution is 0.687. The van der Waals surface area contributed by atoms with Crippen LogP contribution in [0.5, 0.6) is 0 Å². The van der Waals surface area contributed by atoms with Gasteiger partial charge in [0, 0.05) is 18.2 Å². The van der Waals surface area contributed by atoms with Crippen molar-refractivity contribution in [3.05, 3.63) is 36.4 Å². The summed E-state index contributed by atoms with van der Waals surface area (Å²) in [6, 6.07) is 11.6. The number of nitrogens with zero attached hydrogens (tertiary/aromatic N) is 2. The van der Waals surface area contributed by atoms with E-state index in [0.29, 0.717) is 17.6 Å². The van der Waals surface area contributed by atoms with Gasteiger partial charge in [0.2, 0.25) is 0 Å². The zero-order valence-corrected chi connectivity index (χ0v) is 10.7. The molecule has 0 aliphatic carbocycles. The smallest absolute Gasteiger partial charge is 0.163 e. The van der Waals surface area contributed by atoms with Crippen LogP contribution in [0.2, 0.25) is 0 Å². The van der Waals surface area contributed by atoms with Gasteiger partial charge in [-0.25, -0.2) is 9.97 Å². The number of nitrogens with one attached hydrogen (secondary N) is 1. The Morgan fingerprint density at radius 2 is 1.89 bits per heavy atom. The zero-order valence-electron chi connectivity index (χ0n) is 10.7. The van der Waals surface area contributed by atoms with Crippen LogP contribution in [0.4, 0.5) is 11.6 Å². The van der Waals surface area contributed by atoms with E-state index < -0.39 is 0 Å². The highest BCUT2D eigenvalue weighted by molar-refractivity contribution is 5.60. The van der Waals surface area contributed by atoms with Crippen LogP contribution >= 0.6 is 0 Å². The number of nitrogens with two attached hydrogens (primary N) is 1. The van der Waals surface area contributed by atoms with Crippen molar-refractivity contribution < 1.29 is 0 Å². The highest BCUT2D eigenvalue weighted by atomic mass is 15.0. The quantitative estimate of drug-likeness (QED) is 0.865. The molecule has 4 heteroatoms. The van der Waals surface area contributed by atoms with Gasteiger partial charge in [-0.2, -0.15) is 0 Å². The molecule has 0 bridgehead atoms. The maximum Gasteiger partial charge on any atom is 0.163 e. The minimum absolute atomic E-state index is 0.482. The standard InChI is InChI=1S/C14H18N4/c1-10(2)9-16-13-8-12(15)17-14(18-13)11-6-4-3-5-7-11/h3-8,10H,9H2,1-2H3,(H3,15,16,17,18).